The maximum absolute atomic E-state index is 13.6. The molecule has 0 bridgehead atoms. The van der Waals surface area contributed by atoms with Gasteiger partial charge in [0.1, 0.15) is 18.4 Å². The van der Waals surface area contributed by atoms with Crippen LogP contribution in [0.15, 0.2) is 66.7 Å². The van der Waals surface area contributed by atoms with Crippen LogP contribution in [0.1, 0.15) is 32.8 Å². The number of halogens is 1. The number of hydrogen-bond acceptors (Lipinski definition) is 4. The van der Waals surface area contributed by atoms with Crippen LogP contribution in [0.5, 0.6) is 0 Å². The average Bonchev–Trinajstić information content (AvgIpc) is 2.85. The van der Waals surface area contributed by atoms with Gasteiger partial charge in [-0.25, -0.2) is 12.8 Å². The van der Waals surface area contributed by atoms with E-state index in [1.54, 1.807) is 31.2 Å². The minimum atomic E-state index is -3.85. The summed E-state index contributed by atoms with van der Waals surface area (Å²) in [6.07, 6.45) is 1.76. The molecule has 0 aliphatic carbocycles. The van der Waals surface area contributed by atoms with Gasteiger partial charge in [0.15, 0.2) is 0 Å². The first-order valence-electron chi connectivity index (χ1n) is 11.8. The Labute approximate surface area is 212 Å². The number of carbonyl (C=O) groups excluding carboxylic acids is 2. The Hall–Kier alpha value is -3.46. The Kier molecular flexibility index (Phi) is 8.68. The van der Waals surface area contributed by atoms with Gasteiger partial charge in [-0.3, -0.25) is 13.9 Å². The molecule has 3 aromatic carbocycles. The number of hydrogen-bond donors (Lipinski definition) is 1. The second-order valence-electron chi connectivity index (χ2n) is 8.91. The highest BCUT2D eigenvalue weighted by molar-refractivity contribution is 7.92. The van der Waals surface area contributed by atoms with E-state index < -0.39 is 34.3 Å². The summed E-state index contributed by atoms with van der Waals surface area (Å²) in [5.41, 5.74) is 0.992. The highest BCUT2D eigenvalue weighted by Crippen LogP contribution is 2.28. The number of benzene rings is 3. The Bertz CT molecular complexity index is 1320. The van der Waals surface area contributed by atoms with Crippen molar-refractivity contribution < 1.29 is 22.4 Å². The standard InChI is InChI=1S/C27H32FN3O4S/c1-5-19(2)29-27(33)20(3)30(17-21-13-15-23(28)16-14-21)26(32)18-31(36(4,34)35)25-12-8-10-22-9-6-7-11-24(22)25/h6-16,19-20H,5,17-18H2,1-4H3,(H,29,33)/t19-,20-/m1/s1. The summed E-state index contributed by atoms with van der Waals surface area (Å²) < 4.78 is 40.2. The number of anilines is 1. The van der Waals surface area contributed by atoms with Gasteiger partial charge in [-0.05, 0) is 49.4 Å². The van der Waals surface area contributed by atoms with E-state index in [0.717, 1.165) is 15.9 Å². The van der Waals surface area contributed by atoms with Crippen molar-refractivity contribution in [1.82, 2.24) is 10.2 Å². The van der Waals surface area contributed by atoms with Crippen molar-refractivity contribution in [2.75, 3.05) is 17.1 Å². The van der Waals surface area contributed by atoms with Crippen molar-refractivity contribution in [1.29, 1.82) is 0 Å². The van der Waals surface area contributed by atoms with Gasteiger partial charge >= 0.3 is 0 Å². The number of sulfonamides is 1. The van der Waals surface area contributed by atoms with Gasteiger partial charge in [0.25, 0.3) is 0 Å². The minimum absolute atomic E-state index is 0.0152. The number of amides is 2. The molecule has 0 spiro atoms. The van der Waals surface area contributed by atoms with Crippen LogP contribution in [-0.4, -0.2) is 50.0 Å². The predicted molar refractivity (Wildman–Crippen MR) is 140 cm³/mol. The molecule has 0 aliphatic rings. The van der Waals surface area contributed by atoms with E-state index in [1.165, 1.54) is 29.2 Å². The van der Waals surface area contributed by atoms with Crippen molar-refractivity contribution in [2.24, 2.45) is 0 Å². The largest absolute Gasteiger partial charge is 0.352 e. The van der Waals surface area contributed by atoms with E-state index >= 15 is 0 Å². The van der Waals surface area contributed by atoms with E-state index in [-0.39, 0.29) is 18.5 Å². The fraction of sp³-hybridized carbons (Fsp3) is 0.333. The quantitative estimate of drug-likeness (QED) is 0.443. The van der Waals surface area contributed by atoms with Gasteiger partial charge in [0, 0.05) is 18.0 Å². The smallest absolute Gasteiger partial charge is 0.244 e. The fourth-order valence-electron chi connectivity index (χ4n) is 3.86. The van der Waals surface area contributed by atoms with Crippen LogP contribution in [0.2, 0.25) is 0 Å². The Morgan fingerprint density at radius 2 is 1.61 bits per heavy atom. The molecule has 0 aliphatic heterocycles. The highest BCUT2D eigenvalue weighted by atomic mass is 32.2. The van der Waals surface area contributed by atoms with Crippen molar-refractivity contribution >= 4 is 38.3 Å². The summed E-state index contributed by atoms with van der Waals surface area (Å²) in [5, 5.41) is 4.39. The molecule has 192 valence electrons. The van der Waals surface area contributed by atoms with Crippen molar-refractivity contribution in [2.45, 2.75) is 45.8 Å². The van der Waals surface area contributed by atoms with E-state index in [0.29, 0.717) is 23.1 Å². The molecule has 0 unspecified atom stereocenters. The average molecular weight is 514 g/mol. The Morgan fingerprint density at radius 1 is 0.972 bits per heavy atom. The first-order chi connectivity index (χ1) is 17.0. The second kappa shape index (κ2) is 11.5. The molecule has 36 heavy (non-hydrogen) atoms. The van der Waals surface area contributed by atoms with E-state index in [1.807, 2.05) is 32.0 Å². The van der Waals surface area contributed by atoms with E-state index in [9.17, 15) is 22.4 Å². The molecule has 9 heteroatoms. The fourth-order valence-corrected chi connectivity index (χ4v) is 4.72. The van der Waals surface area contributed by atoms with Crippen LogP contribution in [0, 0.1) is 5.82 Å². The molecule has 2 amide bonds. The summed E-state index contributed by atoms with van der Waals surface area (Å²) in [7, 11) is -3.85. The minimum Gasteiger partial charge on any atom is -0.352 e. The van der Waals surface area contributed by atoms with Crippen LogP contribution in [0.3, 0.4) is 0 Å². The maximum Gasteiger partial charge on any atom is 0.244 e. The summed E-state index contributed by atoms with van der Waals surface area (Å²) in [4.78, 5) is 27.9. The number of nitrogens with zero attached hydrogens (tertiary/aromatic N) is 2. The molecule has 2 atom stereocenters. The van der Waals surface area contributed by atoms with Gasteiger partial charge < -0.3 is 10.2 Å². The molecule has 7 nitrogen and oxygen atoms in total. The zero-order chi connectivity index (χ0) is 26.5. The van der Waals surface area contributed by atoms with Gasteiger partial charge in [-0.2, -0.15) is 0 Å². The summed E-state index contributed by atoms with van der Waals surface area (Å²) in [5.74, 6) is -1.32. The second-order valence-corrected chi connectivity index (χ2v) is 10.8. The normalized spacial score (nSPS) is 13.1. The number of fused-ring (bicyclic) bond motifs is 1. The Morgan fingerprint density at radius 3 is 2.25 bits per heavy atom. The van der Waals surface area contributed by atoms with E-state index in [2.05, 4.69) is 5.32 Å². The van der Waals surface area contributed by atoms with Gasteiger partial charge in [0.2, 0.25) is 21.8 Å². The van der Waals surface area contributed by atoms with Crippen LogP contribution in [0.25, 0.3) is 10.8 Å². The third-order valence-electron chi connectivity index (χ3n) is 6.15. The third-order valence-corrected chi connectivity index (χ3v) is 7.28. The van der Waals surface area contributed by atoms with Crippen LogP contribution in [0.4, 0.5) is 10.1 Å². The summed E-state index contributed by atoms with van der Waals surface area (Å²) in [6.45, 7) is 4.92. The number of rotatable bonds is 10. The lowest BCUT2D eigenvalue weighted by Gasteiger charge is -2.32. The van der Waals surface area contributed by atoms with Crippen molar-refractivity contribution in [3.05, 3.63) is 78.1 Å². The molecular weight excluding hydrogens is 481 g/mol. The molecule has 0 saturated carbocycles. The Balaban J connectivity index is 1.98. The molecule has 0 heterocycles. The van der Waals surface area contributed by atoms with Gasteiger partial charge in [0.05, 0.1) is 11.9 Å². The lowest BCUT2D eigenvalue weighted by atomic mass is 10.1. The van der Waals surface area contributed by atoms with Gasteiger partial charge in [-0.15, -0.1) is 0 Å². The number of nitrogens with one attached hydrogen (secondary N) is 1. The third kappa shape index (κ3) is 6.60. The van der Waals surface area contributed by atoms with Gasteiger partial charge in [-0.1, -0.05) is 55.5 Å². The summed E-state index contributed by atoms with van der Waals surface area (Å²) >= 11 is 0. The zero-order valence-corrected chi connectivity index (χ0v) is 21.8. The summed E-state index contributed by atoms with van der Waals surface area (Å²) in [6, 6.07) is 17.2. The van der Waals surface area contributed by atoms with Crippen LogP contribution >= 0.6 is 0 Å². The zero-order valence-electron chi connectivity index (χ0n) is 20.9. The van der Waals surface area contributed by atoms with Crippen molar-refractivity contribution in [3.63, 3.8) is 0 Å². The molecule has 0 radical (unpaired) electrons. The first-order valence-corrected chi connectivity index (χ1v) is 13.7. The molecule has 0 aromatic heterocycles. The molecule has 3 rings (SSSR count). The first kappa shape index (κ1) is 27.1. The van der Waals surface area contributed by atoms with Crippen LogP contribution < -0.4 is 9.62 Å². The molecule has 3 aromatic rings. The maximum atomic E-state index is 13.6. The van der Waals surface area contributed by atoms with E-state index in [4.69, 9.17) is 0 Å². The SMILES string of the molecule is CC[C@@H](C)NC(=O)[C@@H](C)N(Cc1ccc(F)cc1)C(=O)CN(c1cccc2ccccc12)S(C)(=O)=O. The number of carbonyl (C=O) groups is 2. The van der Waals surface area contributed by atoms with Crippen LogP contribution in [-0.2, 0) is 26.2 Å². The highest BCUT2D eigenvalue weighted by Gasteiger charge is 2.31. The predicted octanol–water partition coefficient (Wildman–Crippen LogP) is 4.08. The molecule has 0 fully saturated rings. The topological polar surface area (TPSA) is 86.8 Å². The molecule has 0 saturated heterocycles. The molecular formula is C27H32FN3O4S. The van der Waals surface area contributed by atoms with Crippen molar-refractivity contribution in [3.8, 4) is 0 Å². The monoisotopic (exact) mass is 513 g/mol. The lowest BCUT2D eigenvalue weighted by Crippen LogP contribution is -2.52. The lowest BCUT2D eigenvalue weighted by molar-refractivity contribution is -0.139. The molecule has 1 N–H and O–H groups in total.